The largest absolute Gasteiger partial charge is 0.340 e. The third-order valence-electron chi connectivity index (χ3n) is 3.39. The van der Waals surface area contributed by atoms with E-state index in [0.717, 1.165) is 11.3 Å². The van der Waals surface area contributed by atoms with Crippen molar-refractivity contribution in [2.45, 2.75) is 32.9 Å². The van der Waals surface area contributed by atoms with Crippen LogP contribution in [0.2, 0.25) is 0 Å². The minimum atomic E-state index is -0.384. The number of benzene rings is 2. The summed E-state index contributed by atoms with van der Waals surface area (Å²) in [6.45, 7) is 5.83. The summed E-state index contributed by atoms with van der Waals surface area (Å²) in [6.07, 6.45) is 0. The average Bonchev–Trinajstić information content (AvgIpc) is 2.53. The molecule has 0 aliphatic heterocycles. The number of amides is 1. The Morgan fingerprint density at radius 1 is 1.04 bits per heavy atom. The minimum absolute atomic E-state index is 0.117. The van der Waals surface area contributed by atoms with Gasteiger partial charge in [0.15, 0.2) is 0 Å². The summed E-state index contributed by atoms with van der Waals surface area (Å²) >= 11 is 0. The summed E-state index contributed by atoms with van der Waals surface area (Å²) in [5, 5.41) is 2.98. The van der Waals surface area contributed by atoms with Gasteiger partial charge in [0.05, 0.1) is 6.04 Å². The maximum atomic E-state index is 13.2. The van der Waals surface area contributed by atoms with Crippen molar-refractivity contribution in [3.8, 4) is 0 Å². The number of halogens is 1. The molecule has 0 fully saturated rings. The predicted molar refractivity (Wildman–Crippen MR) is 91.3 cm³/mol. The van der Waals surface area contributed by atoms with Crippen LogP contribution in [0.25, 0.3) is 0 Å². The lowest BCUT2D eigenvalue weighted by Gasteiger charge is -2.20. The molecule has 3 nitrogen and oxygen atoms in total. The molecule has 2 aromatic rings. The molecule has 0 spiro atoms. The van der Waals surface area contributed by atoms with Gasteiger partial charge in [-0.25, -0.2) is 4.39 Å². The highest BCUT2D eigenvalue weighted by molar-refractivity contribution is 5.99. The standard InChI is InChI=1S/C19H21FN2O/c1-13(2)21-14(3)18(15-9-11-17(20)12-10-15)22-19(23)16-7-5-4-6-8-16/h4-13,18H,1-3H3,(H,22,23). The SMILES string of the molecule is CC(=NC(C)C)C(NC(=O)c1ccccc1)c1ccc(F)cc1. The van der Waals surface area contributed by atoms with Gasteiger partial charge in [-0.3, -0.25) is 9.79 Å². The highest BCUT2D eigenvalue weighted by Crippen LogP contribution is 2.17. The van der Waals surface area contributed by atoms with Gasteiger partial charge in [-0.15, -0.1) is 0 Å². The zero-order valence-electron chi connectivity index (χ0n) is 13.6. The zero-order chi connectivity index (χ0) is 16.8. The number of carbonyl (C=O) groups is 1. The van der Waals surface area contributed by atoms with Gasteiger partial charge in [0.25, 0.3) is 5.91 Å². The molecule has 1 amide bonds. The van der Waals surface area contributed by atoms with Crippen LogP contribution in [0.5, 0.6) is 0 Å². The molecule has 1 unspecified atom stereocenters. The number of hydrogen-bond donors (Lipinski definition) is 1. The van der Waals surface area contributed by atoms with E-state index in [0.29, 0.717) is 5.56 Å². The molecule has 120 valence electrons. The van der Waals surface area contributed by atoms with Gasteiger partial charge in [0.2, 0.25) is 0 Å². The van der Waals surface area contributed by atoms with E-state index in [1.165, 1.54) is 12.1 Å². The fourth-order valence-corrected chi connectivity index (χ4v) is 2.37. The van der Waals surface area contributed by atoms with E-state index in [4.69, 9.17) is 0 Å². The van der Waals surface area contributed by atoms with Crippen molar-refractivity contribution in [1.82, 2.24) is 5.32 Å². The molecule has 0 bridgehead atoms. The third-order valence-corrected chi connectivity index (χ3v) is 3.39. The summed E-state index contributed by atoms with van der Waals surface area (Å²) in [5.41, 5.74) is 2.17. The molecule has 1 atom stereocenters. The Bertz CT molecular complexity index is 678. The fraction of sp³-hybridized carbons (Fsp3) is 0.263. The van der Waals surface area contributed by atoms with E-state index in [9.17, 15) is 9.18 Å². The Balaban J connectivity index is 2.30. The van der Waals surface area contributed by atoms with Crippen LogP contribution in [0.1, 0.15) is 42.7 Å². The first kappa shape index (κ1) is 16.9. The van der Waals surface area contributed by atoms with E-state index in [1.54, 1.807) is 24.3 Å². The first-order valence-electron chi connectivity index (χ1n) is 7.63. The van der Waals surface area contributed by atoms with Crippen LogP contribution in [0.15, 0.2) is 59.6 Å². The number of carbonyl (C=O) groups excluding carboxylic acids is 1. The van der Waals surface area contributed by atoms with Crippen LogP contribution in [-0.4, -0.2) is 17.7 Å². The Hall–Kier alpha value is -2.49. The second-order valence-electron chi connectivity index (χ2n) is 5.69. The van der Waals surface area contributed by atoms with E-state index in [1.807, 2.05) is 39.0 Å². The third kappa shape index (κ3) is 4.74. The summed E-state index contributed by atoms with van der Waals surface area (Å²) < 4.78 is 13.2. The first-order valence-corrected chi connectivity index (χ1v) is 7.63. The lowest BCUT2D eigenvalue weighted by atomic mass is 10.0. The highest BCUT2D eigenvalue weighted by atomic mass is 19.1. The minimum Gasteiger partial charge on any atom is -0.340 e. The molecule has 0 aliphatic rings. The second-order valence-corrected chi connectivity index (χ2v) is 5.69. The van der Waals surface area contributed by atoms with Crippen LogP contribution >= 0.6 is 0 Å². The van der Waals surface area contributed by atoms with Gasteiger partial charge >= 0.3 is 0 Å². The number of nitrogens with one attached hydrogen (secondary N) is 1. The molecule has 0 aromatic heterocycles. The maximum absolute atomic E-state index is 13.2. The highest BCUT2D eigenvalue weighted by Gasteiger charge is 2.19. The summed E-state index contributed by atoms with van der Waals surface area (Å²) in [5.74, 6) is -0.487. The molecule has 2 rings (SSSR count). The van der Waals surface area contributed by atoms with Crippen LogP contribution < -0.4 is 5.32 Å². The number of hydrogen-bond acceptors (Lipinski definition) is 2. The van der Waals surface area contributed by atoms with Crippen molar-refractivity contribution in [3.63, 3.8) is 0 Å². The van der Waals surface area contributed by atoms with Gasteiger partial charge in [0, 0.05) is 17.3 Å². The quantitative estimate of drug-likeness (QED) is 0.827. The van der Waals surface area contributed by atoms with Gasteiger partial charge < -0.3 is 5.32 Å². The van der Waals surface area contributed by atoms with Crippen molar-refractivity contribution in [3.05, 3.63) is 71.5 Å². The molecular weight excluding hydrogens is 291 g/mol. The zero-order valence-corrected chi connectivity index (χ0v) is 13.6. The van der Waals surface area contributed by atoms with Crippen LogP contribution in [0.4, 0.5) is 4.39 Å². The molecular formula is C19H21FN2O. The van der Waals surface area contributed by atoms with Crippen molar-refractivity contribution in [2.75, 3.05) is 0 Å². The monoisotopic (exact) mass is 312 g/mol. The van der Waals surface area contributed by atoms with E-state index >= 15 is 0 Å². The fourth-order valence-electron chi connectivity index (χ4n) is 2.37. The van der Waals surface area contributed by atoms with E-state index in [2.05, 4.69) is 10.3 Å². The number of nitrogens with zero attached hydrogens (tertiary/aromatic N) is 1. The average molecular weight is 312 g/mol. The summed E-state index contributed by atoms with van der Waals surface area (Å²) in [4.78, 5) is 17.0. The molecule has 0 radical (unpaired) electrons. The van der Waals surface area contributed by atoms with Crippen molar-refractivity contribution in [2.24, 2.45) is 4.99 Å². The summed E-state index contributed by atoms with van der Waals surface area (Å²) in [7, 11) is 0. The van der Waals surface area contributed by atoms with E-state index in [-0.39, 0.29) is 23.8 Å². The van der Waals surface area contributed by atoms with Gasteiger partial charge in [-0.1, -0.05) is 30.3 Å². The molecule has 2 aromatic carbocycles. The molecule has 23 heavy (non-hydrogen) atoms. The molecule has 0 saturated heterocycles. The van der Waals surface area contributed by atoms with E-state index < -0.39 is 0 Å². The van der Waals surface area contributed by atoms with Crippen molar-refractivity contribution < 1.29 is 9.18 Å². The first-order chi connectivity index (χ1) is 11.0. The molecule has 1 N–H and O–H groups in total. The smallest absolute Gasteiger partial charge is 0.252 e. The Morgan fingerprint density at radius 3 is 2.22 bits per heavy atom. The van der Waals surface area contributed by atoms with Crippen molar-refractivity contribution in [1.29, 1.82) is 0 Å². The second kappa shape index (κ2) is 7.68. The van der Waals surface area contributed by atoms with Crippen LogP contribution in [-0.2, 0) is 0 Å². The Morgan fingerprint density at radius 2 is 1.65 bits per heavy atom. The Kier molecular flexibility index (Phi) is 5.63. The topological polar surface area (TPSA) is 41.5 Å². The number of rotatable bonds is 5. The molecule has 0 aliphatic carbocycles. The van der Waals surface area contributed by atoms with Crippen molar-refractivity contribution >= 4 is 11.6 Å². The predicted octanol–water partition coefficient (Wildman–Crippen LogP) is 4.17. The molecule has 4 heteroatoms. The van der Waals surface area contributed by atoms with Crippen LogP contribution in [0, 0.1) is 5.82 Å². The summed E-state index contributed by atoms with van der Waals surface area (Å²) in [6, 6.07) is 14.9. The molecule has 0 saturated carbocycles. The molecule has 0 heterocycles. The lowest BCUT2D eigenvalue weighted by Crippen LogP contribution is -2.33. The Labute approximate surface area is 136 Å². The van der Waals surface area contributed by atoms with Gasteiger partial charge in [-0.05, 0) is 50.6 Å². The van der Waals surface area contributed by atoms with Gasteiger partial charge in [-0.2, -0.15) is 0 Å². The normalized spacial score (nSPS) is 13.0. The van der Waals surface area contributed by atoms with Gasteiger partial charge in [0.1, 0.15) is 5.82 Å². The maximum Gasteiger partial charge on any atom is 0.252 e. The lowest BCUT2D eigenvalue weighted by molar-refractivity contribution is 0.0946. The number of aliphatic imine (C=N–C) groups is 1. The van der Waals surface area contributed by atoms with Crippen LogP contribution in [0.3, 0.4) is 0 Å².